The Bertz CT molecular complexity index is 3230. The summed E-state index contributed by atoms with van der Waals surface area (Å²) < 4.78 is 2.60. The first-order valence-electron chi connectivity index (χ1n) is 18.5. The van der Waals surface area contributed by atoms with Crippen LogP contribution in [0.2, 0.25) is 0 Å². The summed E-state index contributed by atoms with van der Waals surface area (Å²) in [6.07, 6.45) is 0. The highest BCUT2D eigenvalue weighted by Crippen LogP contribution is 2.49. The zero-order valence-electron chi connectivity index (χ0n) is 29.7. The van der Waals surface area contributed by atoms with Gasteiger partial charge in [0.2, 0.25) is 0 Å². The van der Waals surface area contributed by atoms with Crippen molar-refractivity contribution in [3.63, 3.8) is 0 Å². The summed E-state index contributed by atoms with van der Waals surface area (Å²) in [6.45, 7) is 4.65. The molecule has 0 saturated heterocycles. The van der Waals surface area contributed by atoms with Gasteiger partial charge in [0.25, 0.3) is 0 Å². The van der Waals surface area contributed by atoms with Gasteiger partial charge in [-0.2, -0.15) is 0 Å². The molecule has 1 aromatic heterocycles. The largest absolute Gasteiger partial charge is 0.312 e. The zero-order chi connectivity index (χ0) is 35.2. The monoisotopic (exact) mass is 673 g/mol. The molecule has 0 spiro atoms. The van der Waals surface area contributed by atoms with Gasteiger partial charge in [0.05, 0.1) is 11.2 Å². The van der Waals surface area contributed by atoms with E-state index in [4.69, 9.17) is 0 Å². The van der Waals surface area contributed by atoms with Crippen molar-refractivity contribution >= 4 is 75.5 Å². The Morgan fingerprint density at radius 2 is 0.887 bits per heavy atom. The molecule has 1 heteroatoms. The summed E-state index contributed by atoms with van der Waals surface area (Å²) in [4.78, 5) is 0. The van der Waals surface area contributed by atoms with E-state index in [0.717, 1.165) is 0 Å². The number of aromatic nitrogens is 1. The lowest BCUT2D eigenvalue weighted by Gasteiger charge is -2.21. The van der Waals surface area contributed by atoms with E-state index >= 15 is 0 Å². The van der Waals surface area contributed by atoms with E-state index in [1.54, 1.807) is 0 Å². The maximum absolute atomic E-state index is 2.60. The van der Waals surface area contributed by atoms with Crippen LogP contribution in [0.5, 0.6) is 0 Å². The highest BCUT2D eigenvalue weighted by molar-refractivity contribution is 6.34. The second-order valence-electron chi connectivity index (χ2n) is 14.4. The number of hydrogen-bond acceptors (Lipinski definition) is 0. The second kappa shape index (κ2) is 11.4. The molecule has 0 aliphatic heterocycles. The van der Waals surface area contributed by atoms with Crippen molar-refractivity contribution in [1.82, 2.24) is 4.57 Å². The number of hydrogen-bond donors (Lipinski definition) is 0. The Kier molecular flexibility index (Phi) is 6.45. The molecule has 10 aromatic carbocycles. The van der Waals surface area contributed by atoms with E-state index in [-0.39, 0.29) is 0 Å². The topological polar surface area (TPSA) is 4.93 Å². The van der Waals surface area contributed by atoms with E-state index < -0.39 is 0 Å². The summed E-state index contributed by atoms with van der Waals surface area (Å²) in [5.41, 5.74) is 10.2. The number of fused-ring (bicyclic) bond motifs is 11. The van der Waals surface area contributed by atoms with Gasteiger partial charge in [-0.05, 0) is 96.2 Å². The summed E-state index contributed by atoms with van der Waals surface area (Å²) in [7, 11) is 0. The van der Waals surface area contributed by atoms with Crippen LogP contribution in [0, 0.1) is 13.8 Å². The Labute approximate surface area is 308 Å². The predicted molar refractivity (Wildman–Crippen MR) is 229 cm³/mol. The van der Waals surface area contributed by atoms with E-state index in [2.05, 4.69) is 194 Å². The van der Waals surface area contributed by atoms with Gasteiger partial charge in [0, 0.05) is 27.2 Å². The van der Waals surface area contributed by atoms with E-state index in [0.29, 0.717) is 0 Å². The van der Waals surface area contributed by atoms with Crippen LogP contribution < -0.4 is 0 Å². The molecule has 0 saturated carbocycles. The maximum atomic E-state index is 2.60. The van der Waals surface area contributed by atoms with Crippen molar-refractivity contribution in [2.24, 2.45) is 0 Å². The molecule has 53 heavy (non-hydrogen) atoms. The Hall–Kier alpha value is -6.70. The van der Waals surface area contributed by atoms with Gasteiger partial charge in [-0.15, -0.1) is 0 Å². The van der Waals surface area contributed by atoms with Gasteiger partial charge < -0.3 is 4.57 Å². The van der Waals surface area contributed by atoms with Crippen molar-refractivity contribution in [3.05, 3.63) is 187 Å². The van der Waals surface area contributed by atoms with Gasteiger partial charge in [0.1, 0.15) is 0 Å². The molecule has 11 aromatic rings. The minimum Gasteiger partial charge on any atom is -0.312 e. The van der Waals surface area contributed by atoms with Crippen LogP contribution in [0.4, 0.5) is 0 Å². The summed E-state index contributed by atoms with van der Waals surface area (Å²) in [5.74, 6) is 0. The predicted octanol–water partition coefficient (Wildman–Crippen LogP) is 14.5. The molecule has 0 N–H and O–H groups in total. The lowest BCUT2D eigenvalue weighted by atomic mass is 9.87. The van der Waals surface area contributed by atoms with Crippen LogP contribution in [0.15, 0.2) is 176 Å². The Morgan fingerprint density at radius 3 is 1.58 bits per heavy atom. The average molecular weight is 674 g/mol. The van der Waals surface area contributed by atoms with E-state index in [9.17, 15) is 0 Å². The first-order valence-corrected chi connectivity index (χ1v) is 18.5. The molecule has 0 atom stereocenters. The fourth-order valence-electron chi connectivity index (χ4n) is 9.37. The molecule has 1 heterocycles. The number of aryl methyl sites for hydroxylation is 1. The van der Waals surface area contributed by atoms with E-state index in [1.807, 2.05) is 0 Å². The van der Waals surface area contributed by atoms with Crippen LogP contribution >= 0.6 is 0 Å². The third-order valence-corrected chi connectivity index (χ3v) is 11.7. The molecule has 0 amide bonds. The number of nitrogens with zero attached hydrogens (tertiary/aromatic N) is 1. The second-order valence-corrected chi connectivity index (χ2v) is 14.4. The molecule has 0 aliphatic rings. The van der Waals surface area contributed by atoms with Crippen molar-refractivity contribution in [1.29, 1.82) is 0 Å². The molecular weight excluding hydrogens is 639 g/mol. The molecule has 1 nitrogen and oxygen atoms in total. The lowest BCUT2D eigenvalue weighted by Crippen LogP contribution is -2.01. The molecule has 0 fully saturated rings. The van der Waals surface area contributed by atoms with Gasteiger partial charge in [0.15, 0.2) is 0 Å². The first kappa shape index (κ1) is 30.0. The smallest absolute Gasteiger partial charge is 0.0619 e. The van der Waals surface area contributed by atoms with Crippen molar-refractivity contribution < 1.29 is 0 Å². The van der Waals surface area contributed by atoms with Crippen LogP contribution in [0.3, 0.4) is 0 Å². The Morgan fingerprint density at radius 1 is 0.358 bits per heavy atom. The van der Waals surface area contributed by atoms with Crippen molar-refractivity contribution in [3.8, 4) is 27.9 Å². The van der Waals surface area contributed by atoms with Gasteiger partial charge in [-0.1, -0.05) is 170 Å². The average Bonchev–Trinajstić information content (AvgIpc) is 3.48. The third kappa shape index (κ3) is 4.19. The maximum Gasteiger partial charge on any atom is 0.0619 e. The Balaban J connectivity index is 1.35. The van der Waals surface area contributed by atoms with Crippen LogP contribution in [0.1, 0.15) is 11.3 Å². The van der Waals surface area contributed by atoms with Gasteiger partial charge in [-0.25, -0.2) is 0 Å². The summed E-state index contributed by atoms with van der Waals surface area (Å²) >= 11 is 0. The fraction of sp³-hybridized carbons (Fsp3) is 0.0385. The summed E-state index contributed by atoms with van der Waals surface area (Å²) in [6, 6.07) is 64.9. The minimum atomic E-state index is 1.24. The fourth-order valence-corrected chi connectivity index (χ4v) is 9.37. The third-order valence-electron chi connectivity index (χ3n) is 11.7. The quantitative estimate of drug-likeness (QED) is 0.130. The van der Waals surface area contributed by atoms with Crippen molar-refractivity contribution in [2.45, 2.75) is 13.8 Å². The lowest BCUT2D eigenvalue weighted by molar-refractivity contribution is 1.06. The molecule has 0 radical (unpaired) electrons. The molecule has 11 rings (SSSR count). The molecular formula is C52H35N. The normalized spacial score (nSPS) is 12.0. The zero-order valence-corrected chi connectivity index (χ0v) is 29.7. The SMILES string of the molecule is Cc1c(C)n(-c2c3ccccc3c(-c3ccccc3)c3ccccc23)c2c3ccccc3c3cc(-c4cccc5ccccc45)c4ccccc4c3c12. The highest BCUT2D eigenvalue weighted by Gasteiger charge is 2.25. The highest BCUT2D eigenvalue weighted by atomic mass is 15.0. The van der Waals surface area contributed by atoms with Crippen LogP contribution in [-0.2, 0) is 0 Å². The first-order chi connectivity index (χ1) is 26.2. The van der Waals surface area contributed by atoms with Crippen LogP contribution in [0.25, 0.3) is 103 Å². The standard InChI is InChI=1S/C52H35N/c1-32-33(2)53(51-44-28-14-11-25-41(44)49(35-18-4-3-5-19-35)42-26-12-15-29-45(42)51)52-43-27-13-9-23-39(43)47-31-46(37-30-16-20-34-17-6-7-21-36(34)37)38-22-8-10-24-40(38)50(47)48(32)52/h3-31H,1-2H3. The van der Waals surface area contributed by atoms with Gasteiger partial charge >= 0.3 is 0 Å². The van der Waals surface area contributed by atoms with Crippen LogP contribution in [-0.4, -0.2) is 4.57 Å². The van der Waals surface area contributed by atoms with E-state index in [1.165, 1.54) is 115 Å². The molecule has 0 bridgehead atoms. The number of benzene rings is 10. The number of rotatable bonds is 3. The summed E-state index contributed by atoms with van der Waals surface area (Å²) in [5, 5.41) is 16.6. The van der Waals surface area contributed by atoms with Gasteiger partial charge in [-0.3, -0.25) is 0 Å². The molecule has 0 aliphatic carbocycles. The van der Waals surface area contributed by atoms with Crippen molar-refractivity contribution in [2.75, 3.05) is 0 Å². The molecule has 248 valence electrons. The minimum absolute atomic E-state index is 1.24. The molecule has 0 unspecified atom stereocenters.